The van der Waals surface area contributed by atoms with Gasteiger partial charge in [0.1, 0.15) is 0 Å². The number of thioether (sulfide) groups is 1. The number of hydrogen-bond acceptors (Lipinski definition) is 10. The standard InChI is InChI=1S/C17H16IN3O7S/c1-25-11-5-9(4-10(18)15(11)28-8-14(23)27-3)7-19-21-17-20-16(24)12(29-17)6-13(22)26-2/h4-7H,8H2,1-3H3,(H,20,21,24)/b12-6+,19-7?. The summed E-state index contributed by atoms with van der Waals surface area (Å²) in [5.74, 6) is -0.804. The largest absolute Gasteiger partial charge is 0.493 e. The van der Waals surface area contributed by atoms with Crippen molar-refractivity contribution in [2.75, 3.05) is 27.9 Å². The molecule has 10 nitrogen and oxygen atoms in total. The number of amides is 1. The maximum atomic E-state index is 11.8. The number of rotatable bonds is 7. The lowest BCUT2D eigenvalue weighted by Crippen LogP contribution is -2.19. The quantitative estimate of drug-likeness (QED) is 0.184. The van der Waals surface area contributed by atoms with Crippen LogP contribution in [-0.4, -0.2) is 57.2 Å². The zero-order valence-corrected chi connectivity index (χ0v) is 18.5. The van der Waals surface area contributed by atoms with Gasteiger partial charge >= 0.3 is 11.9 Å². The van der Waals surface area contributed by atoms with Crippen molar-refractivity contribution < 1.29 is 33.3 Å². The molecule has 1 saturated heterocycles. The molecule has 1 aliphatic rings. The van der Waals surface area contributed by atoms with Gasteiger partial charge in [-0.15, -0.1) is 5.10 Å². The first-order chi connectivity index (χ1) is 13.9. The van der Waals surface area contributed by atoms with Crippen LogP contribution in [0.15, 0.2) is 33.3 Å². The van der Waals surface area contributed by atoms with Crippen LogP contribution in [0.4, 0.5) is 0 Å². The summed E-state index contributed by atoms with van der Waals surface area (Å²) in [5, 5.41) is 10.6. The highest BCUT2D eigenvalue weighted by molar-refractivity contribution is 14.1. The second-order valence-electron chi connectivity index (χ2n) is 5.14. The molecular formula is C17H16IN3O7S. The summed E-state index contributed by atoms with van der Waals surface area (Å²) in [4.78, 5) is 34.4. The van der Waals surface area contributed by atoms with Gasteiger partial charge in [-0.2, -0.15) is 5.10 Å². The molecular weight excluding hydrogens is 517 g/mol. The smallest absolute Gasteiger partial charge is 0.343 e. The van der Waals surface area contributed by atoms with Gasteiger partial charge in [0.25, 0.3) is 5.91 Å². The Morgan fingerprint density at radius 1 is 1.24 bits per heavy atom. The van der Waals surface area contributed by atoms with Crippen LogP contribution in [0.2, 0.25) is 0 Å². The fourth-order valence-electron chi connectivity index (χ4n) is 1.93. The zero-order chi connectivity index (χ0) is 21.4. The van der Waals surface area contributed by atoms with E-state index >= 15 is 0 Å². The van der Waals surface area contributed by atoms with E-state index in [4.69, 9.17) is 9.47 Å². The fourth-order valence-corrected chi connectivity index (χ4v) is 3.45. The minimum atomic E-state index is -0.636. The summed E-state index contributed by atoms with van der Waals surface area (Å²) in [6, 6.07) is 3.41. The lowest BCUT2D eigenvalue weighted by Gasteiger charge is -2.12. The molecule has 0 aromatic heterocycles. The fraction of sp³-hybridized carbons (Fsp3) is 0.235. The van der Waals surface area contributed by atoms with E-state index < -0.39 is 17.8 Å². The van der Waals surface area contributed by atoms with Crippen molar-refractivity contribution >= 4 is 63.6 Å². The highest BCUT2D eigenvalue weighted by atomic mass is 127. The Morgan fingerprint density at radius 2 is 2.00 bits per heavy atom. The molecule has 154 valence electrons. The molecule has 1 aromatic rings. The third-order valence-electron chi connectivity index (χ3n) is 3.27. The van der Waals surface area contributed by atoms with Gasteiger partial charge in [-0.1, -0.05) is 0 Å². The molecule has 2 rings (SSSR count). The average molecular weight is 533 g/mol. The monoisotopic (exact) mass is 533 g/mol. The molecule has 12 heteroatoms. The highest BCUT2D eigenvalue weighted by Crippen LogP contribution is 2.33. The maximum absolute atomic E-state index is 11.8. The third kappa shape index (κ3) is 6.45. The van der Waals surface area contributed by atoms with Gasteiger partial charge in [0.15, 0.2) is 23.3 Å². The zero-order valence-electron chi connectivity index (χ0n) is 15.6. The number of esters is 2. The molecule has 0 unspecified atom stereocenters. The topological polar surface area (TPSA) is 125 Å². The molecule has 0 aliphatic carbocycles. The second kappa shape index (κ2) is 10.8. The molecule has 1 aliphatic heterocycles. The Kier molecular flexibility index (Phi) is 8.45. The van der Waals surface area contributed by atoms with Crippen LogP contribution >= 0.6 is 34.4 Å². The van der Waals surface area contributed by atoms with Crippen molar-refractivity contribution in [1.29, 1.82) is 0 Å². The summed E-state index contributed by atoms with van der Waals surface area (Å²) >= 11 is 3.00. The number of carbonyl (C=O) groups excluding carboxylic acids is 3. The van der Waals surface area contributed by atoms with Crippen LogP contribution in [0.25, 0.3) is 0 Å². The van der Waals surface area contributed by atoms with Gasteiger partial charge in [-0.25, -0.2) is 9.59 Å². The minimum Gasteiger partial charge on any atom is -0.493 e. The van der Waals surface area contributed by atoms with Gasteiger partial charge in [0, 0.05) is 6.08 Å². The molecule has 29 heavy (non-hydrogen) atoms. The second-order valence-corrected chi connectivity index (χ2v) is 7.33. The number of nitrogens with one attached hydrogen (secondary N) is 1. The summed E-state index contributed by atoms with van der Waals surface area (Å²) < 4.78 is 20.5. The normalized spacial score (nSPS) is 16.2. The van der Waals surface area contributed by atoms with E-state index in [0.717, 1.165) is 17.8 Å². The Morgan fingerprint density at radius 3 is 2.66 bits per heavy atom. The molecule has 1 aromatic carbocycles. The molecule has 1 amide bonds. The van der Waals surface area contributed by atoms with Crippen molar-refractivity contribution in [2.24, 2.45) is 10.2 Å². The predicted octanol–water partition coefficient (Wildman–Crippen LogP) is 1.46. The van der Waals surface area contributed by atoms with Crippen molar-refractivity contribution in [1.82, 2.24) is 5.32 Å². The molecule has 0 spiro atoms. The van der Waals surface area contributed by atoms with E-state index in [2.05, 4.69) is 25.0 Å². The van der Waals surface area contributed by atoms with Gasteiger partial charge in [-0.05, 0) is 52.0 Å². The van der Waals surface area contributed by atoms with Gasteiger partial charge in [-0.3, -0.25) is 10.1 Å². The summed E-state index contributed by atoms with van der Waals surface area (Å²) in [7, 11) is 3.96. The van der Waals surface area contributed by atoms with Crippen molar-refractivity contribution in [3.63, 3.8) is 0 Å². The van der Waals surface area contributed by atoms with Crippen molar-refractivity contribution in [2.45, 2.75) is 0 Å². The Hall–Kier alpha value is -2.61. The summed E-state index contributed by atoms with van der Waals surface area (Å²) in [6.07, 6.45) is 2.53. The molecule has 0 atom stereocenters. The van der Waals surface area contributed by atoms with Crippen LogP contribution < -0.4 is 14.8 Å². The van der Waals surface area contributed by atoms with Gasteiger partial charge in [0.05, 0.1) is 36.0 Å². The highest BCUT2D eigenvalue weighted by Gasteiger charge is 2.25. The van der Waals surface area contributed by atoms with E-state index in [1.165, 1.54) is 27.5 Å². The first kappa shape index (κ1) is 22.7. The molecule has 0 bridgehead atoms. The SMILES string of the molecule is COC(=O)/C=C1/S/C(=N\N=Cc2cc(I)c(OCC(=O)OC)c(OC)c2)NC1=O. The molecule has 1 N–H and O–H groups in total. The predicted molar refractivity (Wildman–Crippen MR) is 114 cm³/mol. The number of ether oxygens (including phenoxy) is 4. The van der Waals surface area contributed by atoms with Crippen LogP contribution in [0.5, 0.6) is 11.5 Å². The third-order valence-corrected chi connectivity index (χ3v) is 4.97. The maximum Gasteiger partial charge on any atom is 0.343 e. The Labute approximate surface area is 183 Å². The van der Waals surface area contributed by atoms with E-state index in [1.54, 1.807) is 12.1 Å². The first-order valence-corrected chi connectivity index (χ1v) is 9.74. The number of methoxy groups -OCH3 is 3. The van der Waals surface area contributed by atoms with Crippen LogP contribution in [0.1, 0.15) is 5.56 Å². The number of nitrogens with zero attached hydrogens (tertiary/aromatic N) is 2. The van der Waals surface area contributed by atoms with E-state index in [0.29, 0.717) is 20.6 Å². The Balaban J connectivity index is 2.13. The van der Waals surface area contributed by atoms with Gasteiger partial charge < -0.3 is 18.9 Å². The minimum absolute atomic E-state index is 0.161. The molecule has 0 radical (unpaired) electrons. The lowest BCUT2D eigenvalue weighted by molar-refractivity contribution is -0.143. The Bertz CT molecular complexity index is 915. The van der Waals surface area contributed by atoms with Crippen molar-refractivity contribution in [3.8, 4) is 11.5 Å². The van der Waals surface area contributed by atoms with Crippen LogP contribution in [0.3, 0.4) is 0 Å². The summed E-state index contributed by atoms with van der Waals surface area (Å²) in [6.45, 7) is -0.248. The number of carbonyl (C=O) groups is 3. The average Bonchev–Trinajstić information content (AvgIpc) is 3.05. The first-order valence-electron chi connectivity index (χ1n) is 7.85. The lowest BCUT2D eigenvalue weighted by atomic mass is 10.2. The van der Waals surface area contributed by atoms with Crippen molar-refractivity contribution in [3.05, 3.63) is 32.2 Å². The van der Waals surface area contributed by atoms with E-state index in [-0.39, 0.29) is 16.7 Å². The number of benzene rings is 1. The molecule has 1 fully saturated rings. The number of hydrogen-bond donors (Lipinski definition) is 1. The number of halogens is 1. The van der Waals surface area contributed by atoms with Crippen LogP contribution in [0, 0.1) is 3.57 Å². The van der Waals surface area contributed by atoms with Crippen LogP contribution in [-0.2, 0) is 23.9 Å². The molecule has 0 saturated carbocycles. The van der Waals surface area contributed by atoms with E-state index in [1.807, 2.05) is 22.6 Å². The van der Waals surface area contributed by atoms with Gasteiger partial charge in [0.2, 0.25) is 0 Å². The number of amidine groups is 1. The summed E-state index contributed by atoms with van der Waals surface area (Å²) in [5.41, 5.74) is 0.653. The van der Waals surface area contributed by atoms with E-state index in [9.17, 15) is 14.4 Å². The molecule has 1 heterocycles.